The van der Waals surface area contributed by atoms with Crippen LogP contribution in [0.5, 0.6) is 0 Å². The minimum Gasteiger partial charge on any atom is -0.332 e. The fourth-order valence-electron chi connectivity index (χ4n) is 2.72. The van der Waals surface area contributed by atoms with E-state index < -0.39 is 0 Å². The zero-order valence-corrected chi connectivity index (χ0v) is 14.6. The lowest BCUT2D eigenvalue weighted by Gasteiger charge is -2.04. The average molecular weight is 347 g/mol. The van der Waals surface area contributed by atoms with Gasteiger partial charge < -0.3 is 9.51 Å². The Morgan fingerprint density at radius 3 is 2.50 bits per heavy atom. The van der Waals surface area contributed by atoms with Crippen molar-refractivity contribution in [1.29, 1.82) is 0 Å². The molecule has 0 bridgehead atoms. The van der Waals surface area contributed by atoms with E-state index >= 15 is 0 Å². The number of nitrogens with one attached hydrogen (secondary N) is 1. The Bertz CT molecular complexity index is 1140. The van der Waals surface area contributed by atoms with Crippen LogP contribution in [0.4, 0.5) is 0 Å². The Morgan fingerprint density at radius 2 is 1.85 bits per heavy atom. The predicted molar refractivity (Wildman–Crippen MR) is 97.1 cm³/mol. The van der Waals surface area contributed by atoms with E-state index in [2.05, 4.69) is 20.1 Å². The van der Waals surface area contributed by atoms with Gasteiger partial charge in [0.1, 0.15) is 5.69 Å². The minimum atomic E-state index is -0.169. The third-order valence-electron chi connectivity index (χ3n) is 4.36. The van der Waals surface area contributed by atoms with Gasteiger partial charge in [-0.2, -0.15) is 4.98 Å². The topological polar surface area (TPSA) is 89.6 Å². The number of hydrogen-bond acceptors (Lipinski definition) is 5. The van der Waals surface area contributed by atoms with E-state index in [1.54, 1.807) is 17.0 Å². The molecular formula is C19H17N5O2. The Kier molecular flexibility index (Phi) is 3.76. The van der Waals surface area contributed by atoms with Gasteiger partial charge in [-0.05, 0) is 62.2 Å². The number of nitrogens with zero attached hydrogens (tertiary/aromatic N) is 4. The zero-order chi connectivity index (χ0) is 18.3. The van der Waals surface area contributed by atoms with Gasteiger partial charge in [0.2, 0.25) is 5.82 Å². The second kappa shape index (κ2) is 6.11. The maximum absolute atomic E-state index is 11.9. The Balaban J connectivity index is 1.66. The Morgan fingerprint density at radius 1 is 1.08 bits per heavy atom. The Hall–Kier alpha value is -3.48. The second-order valence-electron chi connectivity index (χ2n) is 6.19. The summed E-state index contributed by atoms with van der Waals surface area (Å²) >= 11 is 0. The molecule has 0 atom stereocenters. The first kappa shape index (κ1) is 16.0. The van der Waals surface area contributed by atoms with Crippen LogP contribution in [-0.4, -0.2) is 24.7 Å². The lowest BCUT2D eigenvalue weighted by molar-refractivity contribution is 0.431. The van der Waals surface area contributed by atoms with Crippen molar-refractivity contribution in [1.82, 2.24) is 24.7 Å². The van der Waals surface area contributed by atoms with E-state index in [9.17, 15) is 4.79 Å². The number of aryl methyl sites for hydroxylation is 3. The van der Waals surface area contributed by atoms with Crippen molar-refractivity contribution in [2.24, 2.45) is 0 Å². The molecule has 7 heteroatoms. The first-order chi connectivity index (χ1) is 12.5. The summed E-state index contributed by atoms with van der Waals surface area (Å²) in [6.07, 6.45) is 3.47. The predicted octanol–water partition coefficient (Wildman–Crippen LogP) is 3.20. The summed E-state index contributed by atoms with van der Waals surface area (Å²) in [5.41, 5.74) is 5.12. The molecule has 4 aromatic rings. The molecule has 4 rings (SSSR count). The van der Waals surface area contributed by atoms with E-state index in [-0.39, 0.29) is 5.69 Å². The van der Waals surface area contributed by atoms with Crippen LogP contribution in [0.25, 0.3) is 28.7 Å². The molecule has 0 spiro atoms. The van der Waals surface area contributed by atoms with Crippen LogP contribution < -0.4 is 5.69 Å². The summed E-state index contributed by atoms with van der Waals surface area (Å²) in [6.45, 7) is 5.89. The Labute approximate surface area is 149 Å². The SMILES string of the molecule is Cc1cnc(-c2nc(-c3ccc(-n4c(C)c[nH]c4=O)cc3)no2)cc1C. The molecule has 0 saturated carbocycles. The largest absolute Gasteiger partial charge is 0.332 e. The molecule has 3 heterocycles. The quantitative estimate of drug-likeness (QED) is 0.615. The number of aromatic nitrogens is 5. The highest BCUT2D eigenvalue weighted by Crippen LogP contribution is 2.23. The van der Waals surface area contributed by atoms with Crippen molar-refractivity contribution in [2.75, 3.05) is 0 Å². The lowest BCUT2D eigenvalue weighted by atomic mass is 10.1. The van der Waals surface area contributed by atoms with Crippen molar-refractivity contribution in [2.45, 2.75) is 20.8 Å². The van der Waals surface area contributed by atoms with Crippen LogP contribution in [0.15, 0.2) is 52.0 Å². The summed E-state index contributed by atoms with van der Waals surface area (Å²) in [4.78, 5) is 23.3. The normalized spacial score (nSPS) is 11.0. The molecule has 7 nitrogen and oxygen atoms in total. The molecule has 0 aliphatic rings. The van der Waals surface area contributed by atoms with Gasteiger partial charge in [0.25, 0.3) is 5.89 Å². The molecule has 0 unspecified atom stereocenters. The third-order valence-corrected chi connectivity index (χ3v) is 4.36. The van der Waals surface area contributed by atoms with Crippen molar-refractivity contribution >= 4 is 0 Å². The summed E-state index contributed by atoms with van der Waals surface area (Å²) in [6, 6.07) is 9.34. The van der Waals surface area contributed by atoms with Gasteiger partial charge >= 0.3 is 5.69 Å². The van der Waals surface area contributed by atoms with Crippen LogP contribution in [-0.2, 0) is 0 Å². The van der Waals surface area contributed by atoms with Crippen LogP contribution in [0.1, 0.15) is 16.8 Å². The van der Waals surface area contributed by atoms with E-state index in [1.165, 1.54) is 0 Å². The molecule has 26 heavy (non-hydrogen) atoms. The molecule has 0 fully saturated rings. The van der Waals surface area contributed by atoms with E-state index in [0.717, 1.165) is 28.1 Å². The number of H-pyrrole nitrogens is 1. The average Bonchev–Trinajstić information content (AvgIpc) is 3.25. The molecule has 130 valence electrons. The van der Waals surface area contributed by atoms with Crippen molar-refractivity contribution in [3.05, 3.63) is 70.0 Å². The lowest BCUT2D eigenvalue weighted by Crippen LogP contribution is -2.15. The molecule has 1 N–H and O–H groups in total. The minimum absolute atomic E-state index is 0.169. The van der Waals surface area contributed by atoms with Crippen molar-refractivity contribution < 1.29 is 4.52 Å². The second-order valence-corrected chi connectivity index (χ2v) is 6.19. The highest BCUT2D eigenvalue weighted by Gasteiger charge is 2.13. The van der Waals surface area contributed by atoms with Gasteiger partial charge in [-0.25, -0.2) is 4.79 Å². The summed E-state index contributed by atoms with van der Waals surface area (Å²) in [5.74, 6) is 0.856. The monoisotopic (exact) mass is 347 g/mol. The molecule has 0 radical (unpaired) electrons. The number of hydrogen-bond donors (Lipinski definition) is 1. The van der Waals surface area contributed by atoms with E-state index in [0.29, 0.717) is 17.4 Å². The molecule has 3 aromatic heterocycles. The van der Waals surface area contributed by atoms with Crippen LogP contribution in [0.2, 0.25) is 0 Å². The fraction of sp³-hybridized carbons (Fsp3) is 0.158. The highest BCUT2D eigenvalue weighted by atomic mass is 16.5. The maximum Gasteiger partial charge on any atom is 0.330 e. The molecule has 0 aliphatic carbocycles. The van der Waals surface area contributed by atoms with Crippen molar-refractivity contribution in [3.8, 4) is 28.7 Å². The highest BCUT2D eigenvalue weighted by molar-refractivity contribution is 5.60. The molecule has 0 amide bonds. The first-order valence-corrected chi connectivity index (χ1v) is 8.18. The summed E-state index contributed by atoms with van der Waals surface area (Å²) in [5, 5.41) is 4.04. The van der Waals surface area contributed by atoms with Gasteiger partial charge in [-0.3, -0.25) is 9.55 Å². The van der Waals surface area contributed by atoms with Crippen LogP contribution in [0.3, 0.4) is 0 Å². The summed E-state index contributed by atoms with van der Waals surface area (Å²) < 4.78 is 6.96. The van der Waals surface area contributed by atoms with Gasteiger partial charge in [-0.1, -0.05) is 5.16 Å². The van der Waals surface area contributed by atoms with Crippen LogP contribution in [0, 0.1) is 20.8 Å². The number of imidazole rings is 1. The summed E-state index contributed by atoms with van der Waals surface area (Å²) in [7, 11) is 0. The van der Waals surface area contributed by atoms with Crippen LogP contribution >= 0.6 is 0 Å². The van der Waals surface area contributed by atoms with Gasteiger partial charge in [0.05, 0.1) is 5.69 Å². The fourth-order valence-corrected chi connectivity index (χ4v) is 2.72. The molecule has 0 saturated heterocycles. The molecule has 0 aliphatic heterocycles. The van der Waals surface area contributed by atoms with E-state index in [4.69, 9.17) is 4.52 Å². The standard InChI is InChI=1S/C19H17N5O2/c1-11-8-16(20-9-12(11)2)18-22-17(23-26-18)14-4-6-15(7-5-14)24-13(3)10-21-19(24)25/h4-10H,1-3H3,(H,21,25). The number of rotatable bonds is 3. The molecule has 1 aromatic carbocycles. The zero-order valence-electron chi connectivity index (χ0n) is 14.6. The van der Waals surface area contributed by atoms with E-state index in [1.807, 2.05) is 51.1 Å². The van der Waals surface area contributed by atoms with Gasteiger partial charge in [0.15, 0.2) is 0 Å². The number of pyridine rings is 1. The third kappa shape index (κ3) is 2.73. The number of aromatic amines is 1. The van der Waals surface area contributed by atoms with Gasteiger partial charge in [-0.15, -0.1) is 0 Å². The van der Waals surface area contributed by atoms with Gasteiger partial charge in [0, 0.05) is 23.7 Å². The smallest absolute Gasteiger partial charge is 0.330 e. The van der Waals surface area contributed by atoms with Crippen molar-refractivity contribution in [3.63, 3.8) is 0 Å². The number of benzene rings is 1. The maximum atomic E-state index is 11.9. The molecular weight excluding hydrogens is 330 g/mol. The first-order valence-electron chi connectivity index (χ1n) is 8.18.